The van der Waals surface area contributed by atoms with Crippen molar-refractivity contribution in [3.05, 3.63) is 23.8 Å². The molecule has 20 heavy (non-hydrogen) atoms. The molecule has 1 aliphatic carbocycles. The fraction of sp³-hybridized carbons (Fsp3) is 0.462. The first kappa shape index (κ1) is 15.0. The summed E-state index contributed by atoms with van der Waals surface area (Å²) in [6.45, 7) is 3.06. The van der Waals surface area contributed by atoms with Crippen molar-refractivity contribution in [2.24, 2.45) is 0 Å². The van der Waals surface area contributed by atoms with Crippen LogP contribution >= 0.6 is 0 Å². The Hall–Kier alpha value is -1.44. The van der Waals surface area contributed by atoms with Crippen LogP contribution in [0.15, 0.2) is 23.1 Å². The minimum Gasteiger partial charge on any atom is -0.393 e. The van der Waals surface area contributed by atoms with Gasteiger partial charge in [-0.05, 0) is 37.5 Å². The predicted octanol–water partition coefficient (Wildman–Crippen LogP) is 0.755. The van der Waals surface area contributed by atoms with Crippen LogP contribution < -0.4 is 10.0 Å². The molecular weight excluding hydrogens is 280 g/mol. The molecule has 1 amide bonds. The number of nitrogens with one attached hydrogen (secondary N) is 2. The Labute approximate surface area is 118 Å². The minimum absolute atomic E-state index is 0.144. The molecule has 2 rings (SSSR count). The number of sulfonamides is 1. The van der Waals surface area contributed by atoms with Gasteiger partial charge in [0.05, 0.1) is 11.0 Å². The van der Waals surface area contributed by atoms with Crippen molar-refractivity contribution in [2.45, 2.75) is 43.7 Å². The lowest BCUT2D eigenvalue weighted by Gasteiger charge is -2.31. The molecule has 7 heteroatoms. The summed E-state index contributed by atoms with van der Waals surface area (Å²) >= 11 is 0. The van der Waals surface area contributed by atoms with Crippen molar-refractivity contribution in [2.75, 3.05) is 5.32 Å². The molecule has 110 valence electrons. The number of hydrogen-bond acceptors (Lipinski definition) is 4. The van der Waals surface area contributed by atoms with Crippen LogP contribution in [0.2, 0.25) is 0 Å². The monoisotopic (exact) mass is 298 g/mol. The summed E-state index contributed by atoms with van der Waals surface area (Å²) < 4.78 is 27.2. The fourth-order valence-corrected chi connectivity index (χ4v) is 3.67. The van der Waals surface area contributed by atoms with Crippen LogP contribution in [0.1, 0.15) is 25.3 Å². The van der Waals surface area contributed by atoms with E-state index in [2.05, 4.69) is 10.0 Å². The topological polar surface area (TPSA) is 95.5 Å². The third-order valence-corrected chi connectivity index (χ3v) is 4.90. The zero-order chi connectivity index (χ0) is 14.9. The molecule has 0 unspecified atom stereocenters. The van der Waals surface area contributed by atoms with Gasteiger partial charge in [-0.2, -0.15) is 0 Å². The van der Waals surface area contributed by atoms with E-state index in [4.69, 9.17) is 0 Å². The van der Waals surface area contributed by atoms with Gasteiger partial charge in [0.15, 0.2) is 0 Å². The second-order valence-corrected chi connectivity index (χ2v) is 6.79. The van der Waals surface area contributed by atoms with E-state index in [0.29, 0.717) is 24.1 Å². The lowest BCUT2D eigenvalue weighted by Crippen LogP contribution is -2.46. The number of amides is 1. The Kier molecular flexibility index (Phi) is 4.12. The number of benzene rings is 1. The van der Waals surface area contributed by atoms with Gasteiger partial charge < -0.3 is 10.4 Å². The normalized spacial score (nSPS) is 22.1. The second kappa shape index (κ2) is 5.51. The average Bonchev–Trinajstić information content (AvgIpc) is 2.28. The first-order chi connectivity index (χ1) is 9.28. The van der Waals surface area contributed by atoms with Gasteiger partial charge in [-0.3, -0.25) is 4.79 Å². The molecule has 1 aliphatic rings. The number of aliphatic hydroxyl groups excluding tert-OH is 1. The summed E-state index contributed by atoms with van der Waals surface area (Å²) in [6.07, 6.45) is 0.447. The molecule has 1 saturated carbocycles. The van der Waals surface area contributed by atoms with Gasteiger partial charge in [0.25, 0.3) is 0 Å². The maximum absolute atomic E-state index is 12.3. The standard InChI is InChI=1S/C13H18N2O4S/c1-8-3-4-10(14-9(2)16)7-13(8)20(18,19)15-11-5-12(17)6-11/h3-4,7,11-12,15,17H,5-6H2,1-2H3,(H,14,16). The summed E-state index contributed by atoms with van der Waals surface area (Å²) in [5, 5.41) is 11.8. The molecule has 3 N–H and O–H groups in total. The molecule has 0 spiro atoms. The van der Waals surface area contributed by atoms with E-state index >= 15 is 0 Å². The van der Waals surface area contributed by atoms with Crippen LogP contribution in [0.5, 0.6) is 0 Å². The van der Waals surface area contributed by atoms with Crippen molar-refractivity contribution in [1.29, 1.82) is 0 Å². The maximum Gasteiger partial charge on any atom is 0.241 e. The van der Waals surface area contributed by atoms with Crippen LogP contribution in [0.4, 0.5) is 5.69 Å². The first-order valence-corrected chi connectivity index (χ1v) is 7.85. The van der Waals surface area contributed by atoms with Gasteiger partial charge in [-0.1, -0.05) is 6.07 Å². The largest absolute Gasteiger partial charge is 0.393 e. The smallest absolute Gasteiger partial charge is 0.241 e. The Balaban J connectivity index is 2.23. The van der Waals surface area contributed by atoms with E-state index < -0.39 is 16.1 Å². The molecule has 0 saturated heterocycles. The summed E-state index contributed by atoms with van der Waals surface area (Å²) in [6, 6.07) is 4.52. The fourth-order valence-electron chi connectivity index (χ4n) is 2.14. The number of carbonyl (C=O) groups excluding carboxylic acids is 1. The Bertz CT molecular complexity index is 621. The highest BCUT2D eigenvalue weighted by atomic mass is 32.2. The third kappa shape index (κ3) is 3.36. The number of carbonyl (C=O) groups is 1. The molecule has 1 aromatic carbocycles. The molecule has 6 nitrogen and oxygen atoms in total. The quantitative estimate of drug-likeness (QED) is 0.764. The highest BCUT2D eigenvalue weighted by molar-refractivity contribution is 7.89. The van der Waals surface area contributed by atoms with Crippen LogP contribution in [0, 0.1) is 6.92 Å². The maximum atomic E-state index is 12.3. The average molecular weight is 298 g/mol. The molecule has 0 radical (unpaired) electrons. The van der Waals surface area contributed by atoms with E-state index in [-0.39, 0.29) is 16.8 Å². The van der Waals surface area contributed by atoms with E-state index in [1.165, 1.54) is 13.0 Å². The van der Waals surface area contributed by atoms with Gasteiger partial charge in [-0.15, -0.1) is 0 Å². The van der Waals surface area contributed by atoms with Crippen molar-refractivity contribution >= 4 is 21.6 Å². The molecular formula is C13H18N2O4S. The highest BCUT2D eigenvalue weighted by Gasteiger charge is 2.31. The van der Waals surface area contributed by atoms with Crippen molar-refractivity contribution in [3.63, 3.8) is 0 Å². The lowest BCUT2D eigenvalue weighted by atomic mass is 9.91. The van der Waals surface area contributed by atoms with E-state index in [1.807, 2.05) is 0 Å². The molecule has 0 bridgehead atoms. The van der Waals surface area contributed by atoms with Crippen molar-refractivity contribution in [3.8, 4) is 0 Å². The Morgan fingerprint density at radius 1 is 1.35 bits per heavy atom. The van der Waals surface area contributed by atoms with E-state index in [9.17, 15) is 18.3 Å². The van der Waals surface area contributed by atoms with Gasteiger partial charge in [0.1, 0.15) is 0 Å². The molecule has 1 aromatic rings. The minimum atomic E-state index is -3.65. The predicted molar refractivity (Wildman–Crippen MR) is 74.8 cm³/mol. The zero-order valence-corrected chi connectivity index (χ0v) is 12.2. The number of rotatable bonds is 4. The molecule has 0 atom stereocenters. The second-order valence-electron chi connectivity index (χ2n) is 5.10. The van der Waals surface area contributed by atoms with Gasteiger partial charge in [0, 0.05) is 18.7 Å². The van der Waals surface area contributed by atoms with Crippen LogP contribution in [0.3, 0.4) is 0 Å². The molecule has 1 fully saturated rings. The Morgan fingerprint density at radius 2 is 2.00 bits per heavy atom. The Morgan fingerprint density at radius 3 is 2.55 bits per heavy atom. The van der Waals surface area contributed by atoms with Crippen molar-refractivity contribution in [1.82, 2.24) is 4.72 Å². The van der Waals surface area contributed by atoms with Crippen LogP contribution in [0.25, 0.3) is 0 Å². The lowest BCUT2D eigenvalue weighted by molar-refractivity contribution is -0.114. The SMILES string of the molecule is CC(=O)Nc1ccc(C)c(S(=O)(=O)NC2CC(O)C2)c1. The van der Waals surface area contributed by atoms with Crippen molar-refractivity contribution < 1.29 is 18.3 Å². The molecule has 0 heterocycles. The number of aliphatic hydroxyl groups is 1. The van der Waals surface area contributed by atoms with Crippen LogP contribution in [-0.4, -0.2) is 31.6 Å². The molecule has 0 aliphatic heterocycles. The van der Waals surface area contributed by atoms with Gasteiger partial charge in [-0.25, -0.2) is 13.1 Å². The summed E-state index contributed by atoms with van der Waals surface area (Å²) in [5.74, 6) is -0.257. The number of hydrogen-bond donors (Lipinski definition) is 3. The van der Waals surface area contributed by atoms with E-state index in [1.54, 1.807) is 19.1 Å². The number of aryl methyl sites for hydroxylation is 1. The number of anilines is 1. The zero-order valence-electron chi connectivity index (χ0n) is 11.4. The summed E-state index contributed by atoms with van der Waals surface area (Å²) in [5.41, 5.74) is 1.04. The molecule has 0 aromatic heterocycles. The summed E-state index contributed by atoms with van der Waals surface area (Å²) in [4.78, 5) is 11.2. The third-order valence-electron chi connectivity index (χ3n) is 3.23. The van der Waals surface area contributed by atoms with Crippen LogP contribution in [-0.2, 0) is 14.8 Å². The van der Waals surface area contributed by atoms with E-state index in [0.717, 1.165) is 0 Å². The van der Waals surface area contributed by atoms with Gasteiger partial charge >= 0.3 is 0 Å². The first-order valence-electron chi connectivity index (χ1n) is 6.36. The summed E-state index contributed by atoms with van der Waals surface area (Å²) in [7, 11) is -3.65. The highest BCUT2D eigenvalue weighted by Crippen LogP contribution is 2.25. The van der Waals surface area contributed by atoms with Gasteiger partial charge in [0.2, 0.25) is 15.9 Å².